The Bertz CT molecular complexity index is 1050. The second-order valence-corrected chi connectivity index (χ2v) is 19.9. The van der Waals surface area contributed by atoms with Crippen LogP contribution in [0.5, 0.6) is 0 Å². The van der Waals surface area contributed by atoms with E-state index in [4.69, 9.17) is 14.2 Å². The molecular formula is C61H114O5. The van der Waals surface area contributed by atoms with Gasteiger partial charge in [0.15, 0.2) is 6.10 Å². The lowest BCUT2D eigenvalue weighted by Gasteiger charge is -2.18. The van der Waals surface area contributed by atoms with Gasteiger partial charge in [-0.05, 0) is 77.0 Å². The molecule has 0 aliphatic heterocycles. The lowest BCUT2D eigenvalue weighted by atomic mass is 10.0. The van der Waals surface area contributed by atoms with E-state index >= 15 is 0 Å². The third kappa shape index (κ3) is 54.7. The van der Waals surface area contributed by atoms with Gasteiger partial charge in [-0.2, -0.15) is 0 Å². The van der Waals surface area contributed by atoms with Gasteiger partial charge in [0.1, 0.15) is 6.61 Å². The summed E-state index contributed by atoms with van der Waals surface area (Å²) in [6.07, 6.45) is 70.2. The lowest BCUT2D eigenvalue weighted by Crippen LogP contribution is -2.30. The van der Waals surface area contributed by atoms with E-state index in [2.05, 4.69) is 57.2 Å². The van der Waals surface area contributed by atoms with Crippen LogP contribution in [0.1, 0.15) is 316 Å². The first-order valence-corrected chi connectivity index (χ1v) is 29.5. The van der Waals surface area contributed by atoms with Gasteiger partial charge in [-0.3, -0.25) is 9.59 Å². The van der Waals surface area contributed by atoms with Gasteiger partial charge in [0.2, 0.25) is 0 Å². The summed E-state index contributed by atoms with van der Waals surface area (Å²) in [4.78, 5) is 25.5. The molecule has 0 saturated carbocycles. The van der Waals surface area contributed by atoms with Gasteiger partial charge in [-0.1, -0.05) is 263 Å². The molecule has 0 aromatic rings. The number of allylic oxidation sites excluding steroid dienone is 6. The molecular weight excluding hydrogens is 813 g/mol. The fraction of sp³-hybridized carbons (Fsp3) is 0.869. The van der Waals surface area contributed by atoms with Crippen LogP contribution < -0.4 is 0 Å². The molecule has 1 unspecified atom stereocenters. The fourth-order valence-corrected chi connectivity index (χ4v) is 8.71. The van der Waals surface area contributed by atoms with Crippen LogP contribution in [0.15, 0.2) is 36.5 Å². The summed E-state index contributed by atoms with van der Waals surface area (Å²) in [5.74, 6) is -0.386. The van der Waals surface area contributed by atoms with Crippen molar-refractivity contribution in [2.24, 2.45) is 0 Å². The maximum absolute atomic E-state index is 12.9. The summed E-state index contributed by atoms with van der Waals surface area (Å²) in [6, 6.07) is 0. The molecule has 0 amide bonds. The Morgan fingerprint density at radius 1 is 0.333 bits per heavy atom. The van der Waals surface area contributed by atoms with Crippen LogP contribution in [-0.2, 0) is 23.8 Å². The van der Waals surface area contributed by atoms with Gasteiger partial charge in [-0.15, -0.1) is 0 Å². The molecule has 0 heterocycles. The molecule has 0 rings (SSSR count). The molecule has 0 N–H and O–H groups in total. The zero-order valence-corrected chi connectivity index (χ0v) is 44.7. The van der Waals surface area contributed by atoms with Crippen molar-refractivity contribution in [1.82, 2.24) is 0 Å². The Morgan fingerprint density at radius 3 is 1.05 bits per heavy atom. The Hall–Kier alpha value is -1.88. The maximum Gasteiger partial charge on any atom is 0.306 e. The summed E-state index contributed by atoms with van der Waals surface area (Å²) in [6.45, 7) is 7.84. The molecule has 0 aromatic carbocycles. The van der Waals surface area contributed by atoms with Crippen LogP contribution in [-0.4, -0.2) is 37.9 Å². The summed E-state index contributed by atoms with van der Waals surface area (Å²) < 4.78 is 17.5. The van der Waals surface area contributed by atoms with Crippen molar-refractivity contribution >= 4 is 11.9 Å². The van der Waals surface area contributed by atoms with Gasteiger partial charge >= 0.3 is 11.9 Å². The van der Waals surface area contributed by atoms with Crippen molar-refractivity contribution in [2.45, 2.75) is 322 Å². The van der Waals surface area contributed by atoms with E-state index < -0.39 is 6.10 Å². The zero-order valence-electron chi connectivity index (χ0n) is 44.7. The molecule has 0 saturated heterocycles. The van der Waals surface area contributed by atoms with E-state index in [-0.39, 0.29) is 25.2 Å². The van der Waals surface area contributed by atoms with Crippen LogP contribution in [0.4, 0.5) is 0 Å². The molecule has 0 radical (unpaired) electrons. The van der Waals surface area contributed by atoms with Gasteiger partial charge in [0.05, 0.1) is 6.61 Å². The molecule has 0 aliphatic carbocycles. The summed E-state index contributed by atoms with van der Waals surface area (Å²) >= 11 is 0. The Kier molecular flexibility index (Phi) is 55.8. The van der Waals surface area contributed by atoms with E-state index in [0.29, 0.717) is 19.4 Å². The normalized spacial score (nSPS) is 12.3. The van der Waals surface area contributed by atoms with Crippen molar-refractivity contribution in [3.8, 4) is 0 Å². The monoisotopic (exact) mass is 927 g/mol. The lowest BCUT2D eigenvalue weighted by molar-refractivity contribution is -0.163. The van der Waals surface area contributed by atoms with Gasteiger partial charge in [-0.25, -0.2) is 0 Å². The predicted molar refractivity (Wildman–Crippen MR) is 288 cm³/mol. The number of carbonyl (C=O) groups excluding carboxylic acids is 2. The van der Waals surface area contributed by atoms with E-state index in [0.717, 1.165) is 44.9 Å². The summed E-state index contributed by atoms with van der Waals surface area (Å²) in [5.41, 5.74) is 0. The van der Waals surface area contributed by atoms with Crippen molar-refractivity contribution in [1.29, 1.82) is 0 Å². The van der Waals surface area contributed by atoms with Crippen LogP contribution >= 0.6 is 0 Å². The third-order valence-electron chi connectivity index (χ3n) is 13.1. The first-order valence-electron chi connectivity index (χ1n) is 29.5. The van der Waals surface area contributed by atoms with Gasteiger partial charge < -0.3 is 14.2 Å². The molecule has 0 fully saturated rings. The number of rotatable bonds is 55. The van der Waals surface area contributed by atoms with Gasteiger partial charge in [0.25, 0.3) is 0 Å². The van der Waals surface area contributed by atoms with Crippen LogP contribution in [0.2, 0.25) is 0 Å². The minimum Gasteiger partial charge on any atom is -0.462 e. The highest BCUT2D eigenvalue weighted by atomic mass is 16.6. The number of hydrogen-bond donors (Lipinski definition) is 0. The minimum atomic E-state index is -0.537. The molecule has 66 heavy (non-hydrogen) atoms. The minimum absolute atomic E-state index is 0.0861. The third-order valence-corrected chi connectivity index (χ3v) is 13.1. The van der Waals surface area contributed by atoms with Crippen LogP contribution in [0.3, 0.4) is 0 Å². The first kappa shape index (κ1) is 64.1. The summed E-state index contributed by atoms with van der Waals surface area (Å²) in [7, 11) is 0. The van der Waals surface area contributed by atoms with Crippen molar-refractivity contribution < 1.29 is 23.8 Å². The molecule has 5 heteroatoms. The number of unbranched alkanes of at least 4 members (excludes halogenated alkanes) is 38. The van der Waals surface area contributed by atoms with Crippen LogP contribution in [0, 0.1) is 0 Å². The average Bonchev–Trinajstić information content (AvgIpc) is 3.32. The number of carbonyl (C=O) groups is 2. The van der Waals surface area contributed by atoms with Crippen LogP contribution in [0.25, 0.3) is 0 Å². The Morgan fingerprint density at radius 2 is 0.636 bits per heavy atom. The number of esters is 2. The second-order valence-electron chi connectivity index (χ2n) is 19.9. The molecule has 0 aliphatic rings. The quantitative estimate of drug-likeness (QED) is 0.0345. The van der Waals surface area contributed by atoms with Crippen molar-refractivity contribution in [3.05, 3.63) is 36.5 Å². The predicted octanol–water partition coefficient (Wildman–Crippen LogP) is 20.1. The SMILES string of the molecule is CCCCC/C=C\C/C=C\CCCCCCCCCCOCC(COC(=O)CCCCCCCCC/C=C\CCCCCCCC)OC(=O)CCCCCCCCCCCCCCCCC. The highest BCUT2D eigenvalue weighted by Crippen LogP contribution is 2.16. The number of hydrogen-bond acceptors (Lipinski definition) is 5. The molecule has 5 nitrogen and oxygen atoms in total. The van der Waals surface area contributed by atoms with E-state index in [1.807, 2.05) is 0 Å². The highest BCUT2D eigenvalue weighted by molar-refractivity contribution is 5.70. The maximum atomic E-state index is 12.9. The van der Waals surface area contributed by atoms with Crippen molar-refractivity contribution in [2.75, 3.05) is 19.8 Å². The number of ether oxygens (including phenoxy) is 3. The van der Waals surface area contributed by atoms with E-state index in [9.17, 15) is 9.59 Å². The van der Waals surface area contributed by atoms with E-state index in [1.165, 1.54) is 238 Å². The topological polar surface area (TPSA) is 61.8 Å². The largest absolute Gasteiger partial charge is 0.462 e. The Labute approximate surface area is 412 Å². The molecule has 388 valence electrons. The molecule has 0 aromatic heterocycles. The standard InChI is InChI=1S/C61H114O5/c1-4-7-10-13-16-19-22-25-28-30-32-35-38-41-44-47-50-53-56-64-57-59(66-61(63)55-52-49-46-43-40-37-33-27-24-21-18-15-12-9-6-3)58-65-60(62)54-51-48-45-42-39-36-34-31-29-26-23-20-17-14-11-8-5-2/h16,19,25-26,28-29,59H,4-15,17-18,20-24,27,30-58H2,1-3H3/b19-16-,28-25-,29-26-. The fourth-order valence-electron chi connectivity index (χ4n) is 8.71. The Balaban J connectivity index is 4.24. The van der Waals surface area contributed by atoms with E-state index in [1.54, 1.807) is 0 Å². The zero-order chi connectivity index (χ0) is 47.7. The second kappa shape index (κ2) is 57.4. The molecule has 0 spiro atoms. The smallest absolute Gasteiger partial charge is 0.306 e. The molecule has 0 bridgehead atoms. The van der Waals surface area contributed by atoms with Gasteiger partial charge in [0, 0.05) is 19.4 Å². The highest BCUT2D eigenvalue weighted by Gasteiger charge is 2.17. The molecule has 1 atom stereocenters. The first-order chi connectivity index (χ1) is 32.6. The average molecular weight is 928 g/mol. The summed E-state index contributed by atoms with van der Waals surface area (Å²) in [5, 5.41) is 0. The van der Waals surface area contributed by atoms with Crippen molar-refractivity contribution in [3.63, 3.8) is 0 Å².